The van der Waals surface area contributed by atoms with E-state index in [1.54, 1.807) is 6.92 Å². The average Bonchev–Trinajstić information content (AvgIpc) is 2.22. The first kappa shape index (κ1) is 10.3. The molecule has 0 unspecified atom stereocenters. The molecule has 1 atom stereocenters. The van der Waals surface area contributed by atoms with Gasteiger partial charge in [-0.3, -0.25) is 0 Å². The summed E-state index contributed by atoms with van der Waals surface area (Å²) in [7, 11) is 0. The Morgan fingerprint density at radius 2 is 2.33 bits per heavy atom. The van der Waals surface area contributed by atoms with Gasteiger partial charge in [-0.15, -0.1) is 0 Å². The van der Waals surface area contributed by atoms with Gasteiger partial charge in [-0.1, -0.05) is 0 Å². The smallest absolute Gasteiger partial charge is 0.186 e. The maximum Gasteiger partial charge on any atom is 0.186 e. The van der Waals surface area contributed by atoms with Crippen molar-refractivity contribution in [3.8, 4) is 0 Å². The van der Waals surface area contributed by atoms with E-state index in [-0.39, 0.29) is 11.9 Å². The van der Waals surface area contributed by atoms with Gasteiger partial charge < -0.3 is 10.6 Å². The van der Waals surface area contributed by atoms with Gasteiger partial charge in [0.05, 0.1) is 5.69 Å². The summed E-state index contributed by atoms with van der Waals surface area (Å²) in [5.74, 6) is 0.0595. The van der Waals surface area contributed by atoms with E-state index in [1.807, 2.05) is 4.90 Å². The van der Waals surface area contributed by atoms with Crippen molar-refractivity contribution in [1.29, 1.82) is 0 Å². The maximum absolute atomic E-state index is 13.7. The molecule has 0 saturated carbocycles. The fourth-order valence-electron chi connectivity index (χ4n) is 1.87. The molecule has 1 saturated heterocycles. The van der Waals surface area contributed by atoms with Crippen LogP contribution in [0.2, 0.25) is 0 Å². The zero-order valence-corrected chi connectivity index (χ0v) is 8.78. The highest BCUT2D eigenvalue weighted by atomic mass is 19.1. The van der Waals surface area contributed by atoms with Crippen molar-refractivity contribution in [2.24, 2.45) is 5.73 Å². The highest BCUT2D eigenvalue weighted by molar-refractivity contribution is 5.41. The third-order valence-corrected chi connectivity index (χ3v) is 2.70. The molecular formula is C10H15FN4. The molecule has 1 aromatic rings. The number of aromatic nitrogens is 2. The van der Waals surface area contributed by atoms with Crippen molar-refractivity contribution in [1.82, 2.24) is 9.97 Å². The number of hydrogen-bond acceptors (Lipinski definition) is 4. The van der Waals surface area contributed by atoms with E-state index in [0.717, 1.165) is 19.4 Å². The van der Waals surface area contributed by atoms with E-state index in [0.29, 0.717) is 18.1 Å². The summed E-state index contributed by atoms with van der Waals surface area (Å²) in [5, 5.41) is 0. The van der Waals surface area contributed by atoms with Crippen molar-refractivity contribution in [2.45, 2.75) is 25.8 Å². The fraction of sp³-hybridized carbons (Fsp3) is 0.600. The molecule has 0 spiro atoms. The molecule has 0 amide bonds. The Kier molecular flexibility index (Phi) is 2.81. The predicted molar refractivity (Wildman–Crippen MR) is 56.1 cm³/mol. The summed E-state index contributed by atoms with van der Waals surface area (Å²) >= 11 is 0. The second-order valence-electron chi connectivity index (χ2n) is 3.94. The van der Waals surface area contributed by atoms with Gasteiger partial charge in [0, 0.05) is 19.1 Å². The van der Waals surface area contributed by atoms with Crippen molar-refractivity contribution in [3.63, 3.8) is 0 Å². The number of halogens is 1. The lowest BCUT2D eigenvalue weighted by atomic mass is 10.1. The van der Waals surface area contributed by atoms with Gasteiger partial charge in [0.25, 0.3) is 0 Å². The van der Waals surface area contributed by atoms with Crippen LogP contribution in [0.4, 0.5) is 10.2 Å². The molecule has 1 aliphatic heterocycles. The number of anilines is 1. The summed E-state index contributed by atoms with van der Waals surface area (Å²) in [4.78, 5) is 9.69. The Morgan fingerprint density at radius 1 is 1.53 bits per heavy atom. The maximum atomic E-state index is 13.7. The summed E-state index contributed by atoms with van der Waals surface area (Å²) in [6.07, 6.45) is 3.39. The molecule has 1 aromatic heterocycles. The number of hydrogen-bond donors (Lipinski definition) is 1. The molecule has 0 aromatic carbocycles. The molecule has 2 N–H and O–H groups in total. The van der Waals surface area contributed by atoms with Crippen LogP contribution in [0.3, 0.4) is 0 Å². The van der Waals surface area contributed by atoms with Crippen LogP contribution < -0.4 is 10.6 Å². The minimum Gasteiger partial charge on any atom is -0.353 e. The first-order chi connectivity index (χ1) is 7.18. The zero-order valence-electron chi connectivity index (χ0n) is 8.78. The van der Waals surface area contributed by atoms with Crippen molar-refractivity contribution in [3.05, 3.63) is 17.8 Å². The molecular weight excluding hydrogens is 195 g/mol. The molecule has 0 bridgehead atoms. The lowest BCUT2D eigenvalue weighted by Crippen LogP contribution is -2.43. The molecule has 0 radical (unpaired) electrons. The first-order valence-corrected chi connectivity index (χ1v) is 5.16. The van der Waals surface area contributed by atoms with Crippen LogP contribution in [0.1, 0.15) is 18.5 Å². The van der Waals surface area contributed by atoms with E-state index >= 15 is 0 Å². The molecule has 1 aliphatic rings. The normalized spacial score (nSPS) is 21.8. The molecule has 5 heteroatoms. The van der Waals surface area contributed by atoms with Crippen LogP contribution in [-0.2, 0) is 0 Å². The van der Waals surface area contributed by atoms with Crippen LogP contribution in [0.15, 0.2) is 6.33 Å². The van der Waals surface area contributed by atoms with E-state index < -0.39 is 0 Å². The predicted octanol–water partition coefficient (Wildman–Crippen LogP) is 0.852. The Balaban J connectivity index is 2.24. The third-order valence-electron chi connectivity index (χ3n) is 2.70. The average molecular weight is 210 g/mol. The highest BCUT2D eigenvalue weighted by Crippen LogP contribution is 2.20. The van der Waals surface area contributed by atoms with Gasteiger partial charge in [-0.2, -0.15) is 0 Å². The van der Waals surface area contributed by atoms with E-state index in [2.05, 4.69) is 9.97 Å². The Bertz CT molecular complexity index is 355. The van der Waals surface area contributed by atoms with Gasteiger partial charge in [-0.05, 0) is 19.8 Å². The zero-order chi connectivity index (χ0) is 10.8. The SMILES string of the molecule is Cc1ncnc(N2CCC[C@@H](N)C2)c1F. The minimum atomic E-state index is -0.327. The van der Waals surface area contributed by atoms with Crippen LogP contribution in [0.25, 0.3) is 0 Å². The number of nitrogens with zero attached hydrogens (tertiary/aromatic N) is 3. The van der Waals surface area contributed by atoms with Crippen molar-refractivity contribution < 1.29 is 4.39 Å². The van der Waals surface area contributed by atoms with E-state index in [4.69, 9.17) is 5.73 Å². The Labute approximate surface area is 88.3 Å². The third kappa shape index (κ3) is 2.07. The molecule has 1 fully saturated rings. The number of aryl methyl sites for hydroxylation is 1. The molecule has 2 heterocycles. The van der Waals surface area contributed by atoms with E-state index in [9.17, 15) is 4.39 Å². The number of nitrogens with two attached hydrogens (primary N) is 1. The summed E-state index contributed by atoms with van der Waals surface area (Å²) in [5.41, 5.74) is 6.23. The van der Waals surface area contributed by atoms with Crippen LogP contribution in [0.5, 0.6) is 0 Å². The largest absolute Gasteiger partial charge is 0.353 e. The summed E-state index contributed by atoms with van der Waals surface area (Å²) < 4.78 is 13.7. The quantitative estimate of drug-likeness (QED) is 0.746. The Hall–Kier alpha value is -1.23. The second-order valence-corrected chi connectivity index (χ2v) is 3.94. The van der Waals surface area contributed by atoms with Gasteiger partial charge in [0.1, 0.15) is 6.33 Å². The van der Waals surface area contributed by atoms with Crippen LogP contribution in [-0.4, -0.2) is 29.1 Å². The lowest BCUT2D eigenvalue weighted by Gasteiger charge is -2.31. The molecule has 4 nitrogen and oxygen atoms in total. The summed E-state index contributed by atoms with van der Waals surface area (Å²) in [6, 6.07) is 0.119. The standard InChI is InChI=1S/C10H15FN4/c1-7-9(11)10(14-6-13-7)15-4-2-3-8(12)5-15/h6,8H,2-5,12H2,1H3/t8-/m1/s1. The van der Waals surface area contributed by atoms with E-state index in [1.165, 1.54) is 6.33 Å². The topological polar surface area (TPSA) is 55.0 Å². The monoisotopic (exact) mass is 210 g/mol. The fourth-order valence-corrected chi connectivity index (χ4v) is 1.87. The van der Waals surface area contributed by atoms with Gasteiger partial charge >= 0.3 is 0 Å². The number of piperidine rings is 1. The molecule has 82 valence electrons. The number of rotatable bonds is 1. The van der Waals surface area contributed by atoms with Gasteiger partial charge in [-0.25, -0.2) is 14.4 Å². The van der Waals surface area contributed by atoms with Crippen LogP contribution in [0, 0.1) is 12.7 Å². The van der Waals surface area contributed by atoms with Gasteiger partial charge in [0.15, 0.2) is 11.6 Å². The minimum absolute atomic E-state index is 0.119. The second kappa shape index (κ2) is 4.10. The highest BCUT2D eigenvalue weighted by Gasteiger charge is 2.21. The first-order valence-electron chi connectivity index (χ1n) is 5.16. The van der Waals surface area contributed by atoms with Crippen LogP contribution >= 0.6 is 0 Å². The van der Waals surface area contributed by atoms with Gasteiger partial charge in [0.2, 0.25) is 0 Å². The molecule has 2 rings (SSSR count). The summed E-state index contributed by atoms with van der Waals surface area (Å²) in [6.45, 7) is 3.14. The Morgan fingerprint density at radius 3 is 3.07 bits per heavy atom. The molecule has 15 heavy (non-hydrogen) atoms. The van der Waals surface area contributed by atoms with Crippen molar-refractivity contribution >= 4 is 5.82 Å². The van der Waals surface area contributed by atoms with Crippen molar-refractivity contribution in [2.75, 3.05) is 18.0 Å². The lowest BCUT2D eigenvalue weighted by molar-refractivity contribution is 0.491. The molecule has 0 aliphatic carbocycles.